The highest BCUT2D eigenvalue weighted by Crippen LogP contribution is 2.33. The standard InChI is InChI=1S/C17H29N/c1-12(2)15-9-8-14(5)17(11-15)16(13(3)4)7-6-10-18/h8-9,11-13,16H,6-7,10,18H2,1-5H3. The molecule has 1 aromatic carbocycles. The molecule has 0 fully saturated rings. The van der Waals surface area contributed by atoms with Crippen LogP contribution in [0.3, 0.4) is 0 Å². The number of benzene rings is 1. The van der Waals surface area contributed by atoms with E-state index in [1.165, 1.54) is 23.1 Å². The molecule has 102 valence electrons. The Morgan fingerprint density at radius 1 is 1.11 bits per heavy atom. The first-order chi connectivity index (χ1) is 8.47. The van der Waals surface area contributed by atoms with Crippen LogP contribution in [0.5, 0.6) is 0 Å². The highest BCUT2D eigenvalue weighted by molar-refractivity contribution is 5.35. The minimum Gasteiger partial charge on any atom is -0.330 e. The van der Waals surface area contributed by atoms with Gasteiger partial charge in [0, 0.05) is 0 Å². The van der Waals surface area contributed by atoms with E-state index in [0.717, 1.165) is 13.0 Å². The van der Waals surface area contributed by atoms with Crippen LogP contribution < -0.4 is 5.73 Å². The minimum atomic E-state index is 0.603. The Labute approximate surface area is 113 Å². The molecule has 0 radical (unpaired) electrons. The molecule has 0 heterocycles. The van der Waals surface area contributed by atoms with Crippen molar-refractivity contribution in [3.63, 3.8) is 0 Å². The van der Waals surface area contributed by atoms with E-state index in [9.17, 15) is 0 Å². The van der Waals surface area contributed by atoms with Crippen molar-refractivity contribution >= 4 is 0 Å². The monoisotopic (exact) mass is 247 g/mol. The zero-order valence-corrected chi connectivity index (χ0v) is 12.7. The molecule has 0 amide bonds. The summed E-state index contributed by atoms with van der Waals surface area (Å²) in [7, 11) is 0. The number of rotatable bonds is 6. The number of hydrogen-bond acceptors (Lipinski definition) is 1. The molecule has 0 bridgehead atoms. The van der Waals surface area contributed by atoms with Crippen molar-refractivity contribution in [1.29, 1.82) is 0 Å². The van der Waals surface area contributed by atoms with Crippen LogP contribution in [0.4, 0.5) is 0 Å². The average Bonchev–Trinajstić information content (AvgIpc) is 2.31. The fourth-order valence-electron chi connectivity index (χ4n) is 2.60. The molecule has 1 nitrogen and oxygen atoms in total. The van der Waals surface area contributed by atoms with E-state index in [1.807, 2.05) is 0 Å². The van der Waals surface area contributed by atoms with Crippen molar-refractivity contribution in [2.75, 3.05) is 6.54 Å². The smallest absolute Gasteiger partial charge is 0.00771 e. The minimum absolute atomic E-state index is 0.603. The van der Waals surface area contributed by atoms with Crippen LogP contribution in [0.25, 0.3) is 0 Å². The van der Waals surface area contributed by atoms with Crippen molar-refractivity contribution in [3.05, 3.63) is 34.9 Å². The largest absolute Gasteiger partial charge is 0.330 e. The molecule has 1 unspecified atom stereocenters. The number of aryl methyl sites for hydroxylation is 1. The van der Waals surface area contributed by atoms with Gasteiger partial charge in [-0.15, -0.1) is 0 Å². The summed E-state index contributed by atoms with van der Waals surface area (Å²) in [6.45, 7) is 12.2. The van der Waals surface area contributed by atoms with Crippen molar-refractivity contribution < 1.29 is 0 Å². The lowest BCUT2D eigenvalue weighted by atomic mass is 9.81. The molecule has 0 aromatic heterocycles. The maximum atomic E-state index is 5.67. The molecule has 1 rings (SSSR count). The Morgan fingerprint density at radius 2 is 1.78 bits per heavy atom. The molecule has 0 saturated heterocycles. The fraction of sp³-hybridized carbons (Fsp3) is 0.647. The lowest BCUT2D eigenvalue weighted by Crippen LogP contribution is -2.11. The molecule has 1 aromatic rings. The molecule has 0 aliphatic carbocycles. The van der Waals surface area contributed by atoms with Crippen LogP contribution >= 0.6 is 0 Å². The topological polar surface area (TPSA) is 26.0 Å². The summed E-state index contributed by atoms with van der Waals surface area (Å²) in [6, 6.07) is 6.97. The second-order valence-corrected chi connectivity index (χ2v) is 6.05. The summed E-state index contributed by atoms with van der Waals surface area (Å²) in [4.78, 5) is 0. The van der Waals surface area contributed by atoms with Gasteiger partial charge in [0.05, 0.1) is 0 Å². The highest BCUT2D eigenvalue weighted by atomic mass is 14.5. The molecule has 1 heteroatoms. The third kappa shape index (κ3) is 3.84. The lowest BCUT2D eigenvalue weighted by molar-refractivity contribution is 0.456. The predicted molar refractivity (Wildman–Crippen MR) is 81.1 cm³/mol. The molecule has 2 N–H and O–H groups in total. The number of hydrogen-bond donors (Lipinski definition) is 1. The Kier molecular flexibility index (Phi) is 5.87. The van der Waals surface area contributed by atoms with Crippen LogP contribution in [0.1, 0.15) is 69.1 Å². The van der Waals surface area contributed by atoms with E-state index < -0.39 is 0 Å². The first kappa shape index (κ1) is 15.2. The zero-order chi connectivity index (χ0) is 13.7. The molecule has 0 aliphatic rings. The van der Waals surface area contributed by atoms with Crippen LogP contribution in [-0.2, 0) is 0 Å². The fourth-order valence-corrected chi connectivity index (χ4v) is 2.60. The first-order valence-electron chi connectivity index (χ1n) is 7.27. The summed E-state index contributed by atoms with van der Waals surface area (Å²) in [5.74, 6) is 1.93. The van der Waals surface area contributed by atoms with Crippen LogP contribution in [0.15, 0.2) is 18.2 Å². The maximum Gasteiger partial charge on any atom is -0.00771 e. The average molecular weight is 247 g/mol. The van der Waals surface area contributed by atoms with Gasteiger partial charge in [-0.3, -0.25) is 0 Å². The summed E-state index contributed by atoms with van der Waals surface area (Å²) < 4.78 is 0. The van der Waals surface area contributed by atoms with Crippen LogP contribution in [0, 0.1) is 12.8 Å². The van der Waals surface area contributed by atoms with E-state index >= 15 is 0 Å². The van der Waals surface area contributed by atoms with Crippen molar-refractivity contribution in [1.82, 2.24) is 0 Å². The van der Waals surface area contributed by atoms with Gasteiger partial charge in [-0.2, -0.15) is 0 Å². The Morgan fingerprint density at radius 3 is 2.28 bits per heavy atom. The molecule has 0 saturated carbocycles. The van der Waals surface area contributed by atoms with E-state index in [1.54, 1.807) is 0 Å². The molecular weight excluding hydrogens is 218 g/mol. The van der Waals surface area contributed by atoms with E-state index in [0.29, 0.717) is 17.8 Å². The lowest BCUT2D eigenvalue weighted by Gasteiger charge is -2.24. The maximum absolute atomic E-state index is 5.67. The Balaban J connectivity index is 3.05. The van der Waals surface area contributed by atoms with Crippen molar-refractivity contribution in [3.8, 4) is 0 Å². The molecule has 0 aliphatic heterocycles. The Bertz CT molecular complexity index is 366. The van der Waals surface area contributed by atoms with Gasteiger partial charge in [0.25, 0.3) is 0 Å². The summed E-state index contributed by atoms with van der Waals surface area (Å²) in [6.07, 6.45) is 2.32. The summed E-state index contributed by atoms with van der Waals surface area (Å²) >= 11 is 0. The third-order valence-corrected chi connectivity index (χ3v) is 3.89. The summed E-state index contributed by atoms with van der Waals surface area (Å²) in [5, 5.41) is 0. The predicted octanol–water partition coefficient (Wildman–Crippen LogP) is 4.60. The zero-order valence-electron chi connectivity index (χ0n) is 12.7. The van der Waals surface area contributed by atoms with Crippen molar-refractivity contribution in [2.45, 2.75) is 59.3 Å². The first-order valence-corrected chi connectivity index (χ1v) is 7.27. The van der Waals surface area contributed by atoms with Gasteiger partial charge in [-0.1, -0.05) is 45.9 Å². The van der Waals surface area contributed by atoms with Gasteiger partial charge in [-0.05, 0) is 60.8 Å². The third-order valence-electron chi connectivity index (χ3n) is 3.89. The SMILES string of the molecule is Cc1ccc(C(C)C)cc1C(CCCN)C(C)C. The normalized spacial score (nSPS) is 13.3. The van der Waals surface area contributed by atoms with Gasteiger partial charge in [0.15, 0.2) is 0 Å². The summed E-state index contributed by atoms with van der Waals surface area (Å²) in [5.41, 5.74) is 10.1. The second kappa shape index (κ2) is 6.94. The van der Waals surface area contributed by atoms with E-state index in [4.69, 9.17) is 5.73 Å². The van der Waals surface area contributed by atoms with Gasteiger partial charge in [0.1, 0.15) is 0 Å². The van der Waals surface area contributed by atoms with Gasteiger partial charge < -0.3 is 5.73 Å². The number of nitrogens with two attached hydrogens (primary N) is 1. The van der Waals surface area contributed by atoms with Crippen molar-refractivity contribution in [2.24, 2.45) is 11.7 Å². The van der Waals surface area contributed by atoms with E-state index in [-0.39, 0.29) is 0 Å². The van der Waals surface area contributed by atoms with Gasteiger partial charge in [-0.25, -0.2) is 0 Å². The quantitative estimate of drug-likeness (QED) is 0.781. The highest BCUT2D eigenvalue weighted by Gasteiger charge is 2.18. The Hall–Kier alpha value is -0.820. The molecule has 1 atom stereocenters. The van der Waals surface area contributed by atoms with Crippen LogP contribution in [0.2, 0.25) is 0 Å². The molecule has 0 spiro atoms. The van der Waals surface area contributed by atoms with Gasteiger partial charge in [0.2, 0.25) is 0 Å². The molecular formula is C17H29N. The van der Waals surface area contributed by atoms with Gasteiger partial charge >= 0.3 is 0 Å². The van der Waals surface area contributed by atoms with E-state index in [2.05, 4.69) is 52.8 Å². The molecule has 18 heavy (non-hydrogen) atoms. The second-order valence-electron chi connectivity index (χ2n) is 6.05. The van der Waals surface area contributed by atoms with Crippen LogP contribution in [-0.4, -0.2) is 6.54 Å².